The van der Waals surface area contributed by atoms with Crippen molar-refractivity contribution in [3.05, 3.63) is 0 Å². The molecule has 96 valence electrons. The average Bonchev–Trinajstić information content (AvgIpc) is 2.82. The van der Waals surface area contributed by atoms with Gasteiger partial charge < -0.3 is 9.64 Å². The van der Waals surface area contributed by atoms with Crippen molar-refractivity contribution in [3.63, 3.8) is 0 Å². The van der Waals surface area contributed by atoms with Gasteiger partial charge in [0.2, 0.25) is 5.91 Å². The molecule has 0 aromatic carbocycles. The van der Waals surface area contributed by atoms with Crippen molar-refractivity contribution < 1.29 is 9.53 Å². The monoisotopic (exact) mass is 238 g/mol. The summed E-state index contributed by atoms with van der Waals surface area (Å²) in [5.41, 5.74) is 0. The third-order valence-corrected chi connectivity index (χ3v) is 3.35. The van der Waals surface area contributed by atoms with Crippen LogP contribution in [0.1, 0.15) is 38.5 Å². The molecule has 1 rings (SSSR count). The van der Waals surface area contributed by atoms with E-state index >= 15 is 0 Å². The molecule has 4 heteroatoms. The molecule has 0 aliphatic heterocycles. The predicted molar refractivity (Wildman–Crippen MR) is 65.3 cm³/mol. The minimum atomic E-state index is 0.184. The minimum absolute atomic E-state index is 0.184. The standard InChI is InChI=1S/C13H22N2O2/c1-17-10-9-15(8-4-7-14)13(16)11-12-5-2-3-6-12/h12H,2-6,8-11H2,1H3. The van der Waals surface area contributed by atoms with Crippen molar-refractivity contribution >= 4 is 5.91 Å². The number of carbonyl (C=O) groups excluding carboxylic acids is 1. The molecule has 0 saturated heterocycles. The summed E-state index contributed by atoms with van der Waals surface area (Å²) in [6.45, 7) is 1.68. The zero-order chi connectivity index (χ0) is 12.5. The molecule has 4 nitrogen and oxygen atoms in total. The molecule has 17 heavy (non-hydrogen) atoms. The van der Waals surface area contributed by atoms with Crippen molar-refractivity contribution in [3.8, 4) is 6.07 Å². The van der Waals surface area contributed by atoms with Gasteiger partial charge in [-0.1, -0.05) is 12.8 Å². The normalized spacial score (nSPS) is 15.8. The van der Waals surface area contributed by atoms with Crippen LogP contribution in [0.5, 0.6) is 0 Å². The lowest BCUT2D eigenvalue weighted by Crippen LogP contribution is -2.35. The number of carbonyl (C=O) groups is 1. The number of amides is 1. The van der Waals surface area contributed by atoms with Gasteiger partial charge in [-0.05, 0) is 18.8 Å². The van der Waals surface area contributed by atoms with Gasteiger partial charge in [0.1, 0.15) is 0 Å². The Morgan fingerprint density at radius 1 is 1.41 bits per heavy atom. The maximum Gasteiger partial charge on any atom is 0.222 e. The van der Waals surface area contributed by atoms with Gasteiger partial charge in [0.25, 0.3) is 0 Å². The second-order valence-electron chi connectivity index (χ2n) is 4.64. The molecule has 0 heterocycles. The van der Waals surface area contributed by atoms with Crippen LogP contribution >= 0.6 is 0 Å². The smallest absolute Gasteiger partial charge is 0.222 e. The fourth-order valence-electron chi connectivity index (χ4n) is 2.34. The van der Waals surface area contributed by atoms with Crippen LogP contribution < -0.4 is 0 Å². The van der Waals surface area contributed by atoms with Crippen molar-refractivity contribution in [2.45, 2.75) is 38.5 Å². The SMILES string of the molecule is COCCN(CCC#N)C(=O)CC1CCCC1. The van der Waals surface area contributed by atoms with E-state index in [9.17, 15) is 4.79 Å². The summed E-state index contributed by atoms with van der Waals surface area (Å²) in [6, 6.07) is 2.09. The second-order valence-corrected chi connectivity index (χ2v) is 4.64. The number of hydrogen-bond donors (Lipinski definition) is 0. The third kappa shape index (κ3) is 5.18. The van der Waals surface area contributed by atoms with Crippen LogP contribution in [0, 0.1) is 17.2 Å². The fourth-order valence-corrected chi connectivity index (χ4v) is 2.34. The van der Waals surface area contributed by atoms with Crippen molar-refractivity contribution in [1.29, 1.82) is 5.26 Å². The Labute approximate surface area is 104 Å². The molecule has 1 aliphatic carbocycles. The predicted octanol–water partition coefficient (Wildman–Crippen LogP) is 1.96. The summed E-state index contributed by atoms with van der Waals surface area (Å²) in [5.74, 6) is 0.749. The second kappa shape index (κ2) is 8.08. The van der Waals surface area contributed by atoms with Gasteiger partial charge >= 0.3 is 0 Å². The highest BCUT2D eigenvalue weighted by atomic mass is 16.5. The zero-order valence-corrected chi connectivity index (χ0v) is 10.7. The molecule has 1 fully saturated rings. The molecule has 1 saturated carbocycles. The van der Waals surface area contributed by atoms with Crippen LogP contribution in [0.25, 0.3) is 0 Å². The van der Waals surface area contributed by atoms with E-state index in [0.29, 0.717) is 38.5 Å². The average molecular weight is 238 g/mol. The Hall–Kier alpha value is -1.08. The lowest BCUT2D eigenvalue weighted by Gasteiger charge is -2.22. The Morgan fingerprint density at radius 3 is 2.71 bits per heavy atom. The molecule has 1 aliphatic rings. The summed E-state index contributed by atoms with van der Waals surface area (Å²) in [6.07, 6.45) is 5.93. The van der Waals surface area contributed by atoms with E-state index in [2.05, 4.69) is 6.07 Å². The number of nitrogens with zero attached hydrogens (tertiary/aromatic N) is 2. The molecule has 0 aromatic rings. The van der Waals surface area contributed by atoms with Crippen LogP contribution in [0.4, 0.5) is 0 Å². The van der Waals surface area contributed by atoms with Gasteiger partial charge in [0.05, 0.1) is 19.1 Å². The van der Waals surface area contributed by atoms with Crippen LogP contribution in [0.2, 0.25) is 0 Å². The lowest BCUT2D eigenvalue weighted by atomic mass is 10.0. The van der Waals surface area contributed by atoms with Crippen LogP contribution in [-0.2, 0) is 9.53 Å². The largest absolute Gasteiger partial charge is 0.383 e. The van der Waals surface area contributed by atoms with Crippen LogP contribution in [0.3, 0.4) is 0 Å². The first-order valence-electron chi connectivity index (χ1n) is 6.41. The van der Waals surface area contributed by atoms with E-state index in [1.807, 2.05) is 0 Å². The molecule has 0 atom stereocenters. The first-order valence-corrected chi connectivity index (χ1v) is 6.41. The maximum atomic E-state index is 12.1. The van der Waals surface area contributed by atoms with Gasteiger partial charge in [-0.2, -0.15) is 5.26 Å². The summed E-state index contributed by atoms with van der Waals surface area (Å²) < 4.78 is 5.00. The van der Waals surface area contributed by atoms with Gasteiger partial charge in [-0.3, -0.25) is 4.79 Å². The summed E-state index contributed by atoms with van der Waals surface area (Å²) in [4.78, 5) is 13.8. The van der Waals surface area contributed by atoms with E-state index in [1.54, 1.807) is 12.0 Å². The first kappa shape index (κ1) is 14.0. The van der Waals surface area contributed by atoms with Crippen LogP contribution in [0.15, 0.2) is 0 Å². The highest BCUT2D eigenvalue weighted by molar-refractivity contribution is 5.76. The number of nitriles is 1. The molecule has 0 spiro atoms. The van der Waals surface area contributed by atoms with Gasteiger partial charge in [-0.15, -0.1) is 0 Å². The number of hydrogen-bond acceptors (Lipinski definition) is 3. The van der Waals surface area contributed by atoms with E-state index in [-0.39, 0.29) is 5.91 Å². The Balaban J connectivity index is 2.37. The van der Waals surface area contributed by atoms with E-state index in [0.717, 1.165) is 0 Å². The fraction of sp³-hybridized carbons (Fsp3) is 0.846. The summed E-state index contributed by atoms with van der Waals surface area (Å²) in [7, 11) is 1.63. The van der Waals surface area contributed by atoms with Crippen molar-refractivity contribution in [1.82, 2.24) is 4.90 Å². The first-order chi connectivity index (χ1) is 8.27. The summed E-state index contributed by atoms with van der Waals surface area (Å²) in [5, 5.41) is 8.59. The number of rotatable bonds is 7. The highest BCUT2D eigenvalue weighted by Crippen LogP contribution is 2.27. The number of ether oxygens (including phenoxy) is 1. The molecule has 0 bridgehead atoms. The Morgan fingerprint density at radius 2 is 2.12 bits per heavy atom. The zero-order valence-electron chi connectivity index (χ0n) is 10.7. The molecule has 0 unspecified atom stereocenters. The minimum Gasteiger partial charge on any atom is -0.383 e. The molecular formula is C13H22N2O2. The van der Waals surface area contributed by atoms with Gasteiger partial charge in [0.15, 0.2) is 0 Å². The molecule has 0 aromatic heterocycles. The number of methoxy groups -OCH3 is 1. The lowest BCUT2D eigenvalue weighted by molar-refractivity contribution is -0.132. The van der Waals surface area contributed by atoms with Crippen molar-refractivity contribution in [2.75, 3.05) is 26.8 Å². The van der Waals surface area contributed by atoms with E-state index < -0.39 is 0 Å². The van der Waals surface area contributed by atoms with Crippen LogP contribution in [-0.4, -0.2) is 37.6 Å². The third-order valence-electron chi connectivity index (χ3n) is 3.35. The van der Waals surface area contributed by atoms with E-state index in [4.69, 9.17) is 10.00 Å². The van der Waals surface area contributed by atoms with Gasteiger partial charge in [-0.25, -0.2) is 0 Å². The Bertz CT molecular complexity index is 267. The molecule has 1 amide bonds. The molecule has 0 N–H and O–H groups in total. The topological polar surface area (TPSA) is 53.3 Å². The maximum absolute atomic E-state index is 12.1. The Kier molecular flexibility index (Phi) is 6.64. The molecule has 0 radical (unpaired) electrons. The van der Waals surface area contributed by atoms with Crippen molar-refractivity contribution in [2.24, 2.45) is 5.92 Å². The highest BCUT2D eigenvalue weighted by Gasteiger charge is 2.21. The van der Waals surface area contributed by atoms with E-state index in [1.165, 1.54) is 25.7 Å². The van der Waals surface area contributed by atoms with Gasteiger partial charge in [0, 0.05) is 26.6 Å². The molecular weight excluding hydrogens is 216 g/mol. The quantitative estimate of drug-likeness (QED) is 0.681. The summed E-state index contributed by atoms with van der Waals surface area (Å²) >= 11 is 0.